The molecule has 1 unspecified atom stereocenters. The molecule has 0 aliphatic carbocycles. The molecule has 2 aromatic carbocycles. The van der Waals surface area contributed by atoms with Crippen LogP contribution in [-0.4, -0.2) is 22.8 Å². The molecule has 2 aromatic rings. The Morgan fingerprint density at radius 3 is 2.76 bits per heavy atom. The number of rotatable bonds is 3. The molecule has 1 aliphatic heterocycles. The van der Waals surface area contributed by atoms with E-state index in [0.29, 0.717) is 22.0 Å². The molecule has 3 N–H and O–H groups in total. The van der Waals surface area contributed by atoms with Crippen LogP contribution in [0.1, 0.15) is 5.56 Å². The third-order valence-corrected chi connectivity index (χ3v) is 3.79. The van der Waals surface area contributed by atoms with Crippen LogP contribution in [0.4, 0.5) is 5.69 Å². The number of phenols is 1. The Hall–Kier alpha value is -2.40. The van der Waals surface area contributed by atoms with Gasteiger partial charge >= 0.3 is 5.97 Å². The van der Waals surface area contributed by atoms with E-state index < -0.39 is 11.5 Å². The van der Waals surface area contributed by atoms with E-state index in [0.717, 1.165) is 0 Å². The minimum Gasteiger partial charge on any atom is -0.508 e. The third-order valence-electron chi connectivity index (χ3n) is 3.46. The predicted octanol–water partition coefficient (Wildman–Crippen LogP) is 2.83. The van der Waals surface area contributed by atoms with Crippen LogP contribution in [0.5, 0.6) is 11.5 Å². The number of ether oxygens (including phenoxy) is 1. The summed E-state index contributed by atoms with van der Waals surface area (Å²) in [4.78, 5) is 11.8. The van der Waals surface area contributed by atoms with E-state index in [1.807, 2.05) is 0 Å². The summed E-state index contributed by atoms with van der Waals surface area (Å²) in [6.45, 7) is -0.0909. The standard InChI is InChI=1S/C15H12ClNO4/c16-11-3-1-2-4-12(11)17-15(14(19)20)8-21-13-7-9(18)5-6-10(13)15/h1-7,17-18H,8H2,(H,19,20). The number of fused-ring (bicyclic) bond motifs is 1. The van der Waals surface area contributed by atoms with Crippen LogP contribution in [0.2, 0.25) is 5.02 Å². The first-order valence-electron chi connectivity index (χ1n) is 6.25. The number of hydrogen-bond donors (Lipinski definition) is 3. The summed E-state index contributed by atoms with van der Waals surface area (Å²) in [5, 5.41) is 22.5. The van der Waals surface area contributed by atoms with E-state index in [1.165, 1.54) is 18.2 Å². The van der Waals surface area contributed by atoms with Gasteiger partial charge in [-0.05, 0) is 24.3 Å². The second-order valence-electron chi connectivity index (χ2n) is 4.78. The second-order valence-corrected chi connectivity index (χ2v) is 5.19. The lowest BCUT2D eigenvalue weighted by atomic mass is 9.91. The summed E-state index contributed by atoms with van der Waals surface area (Å²) >= 11 is 6.09. The maximum atomic E-state index is 11.8. The molecule has 21 heavy (non-hydrogen) atoms. The highest BCUT2D eigenvalue weighted by atomic mass is 35.5. The summed E-state index contributed by atoms with van der Waals surface area (Å²) in [6.07, 6.45) is 0. The van der Waals surface area contributed by atoms with Crippen LogP contribution in [0.15, 0.2) is 42.5 Å². The van der Waals surface area contributed by atoms with Crippen LogP contribution in [-0.2, 0) is 10.3 Å². The molecule has 1 aliphatic rings. The van der Waals surface area contributed by atoms with Crippen molar-refractivity contribution in [2.24, 2.45) is 0 Å². The average Bonchev–Trinajstić information content (AvgIpc) is 2.81. The highest BCUT2D eigenvalue weighted by Crippen LogP contribution is 2.42. The quantitative estimate of drug-likeness (QED) is 0.812. The number of aromatic hydroxyl groups is 1. The van der Waals surface area contributed by atoms with Crippen molar-refractivity contribution in [3.8, 4) is 11.5 Å². The largest absolute Gasteiger partial charge is 0.508 e. The number of hydrogen-bond acceptors (Lipinski definition) is 4. The van der Waals surface area contributed by atoms with Crippen molar-refractivity contribution in [2.45, 2.75) is 5.54 Å². The Kier molecular flexibility index (Phi) is 3.14. The number of carbonyl (C=O) groups is 1. The average molecular weight is 306 g/mol. The van der Waals surface area contributed by atoms with Gasteiger partial charge in [0.15, 0.2) is 5.54 Å². The van der Waals surface area contributed by atoms with Gasteiger partial charge in [0.2, 0.25) is 0 Å². The molecule has 3 rings (SSSR count). The van der Waals surface area contributed by atoms with Gasteiger partial charge in [-0.3, -0.25) is 0 Å². The summed E-state index contributed by atoms with van der Waals surface area (Å²) in [6, 6.07) is 11.3. The van der Waals surface area contributed by atoms with Crippen molar-refractivity contribution in [1.29, 1.82) is 0 Å². The van der Waals surface area contributed by atoms with Crippen LogP contribution in [0.25, 0.3) is 0 Å². The molecule has 0 saturated heterocycles. The third kappa shape index (κ3) is 2.15. The minimum atomic E-state index is -1.44. The number of aliphatic carboxylic acids is 1. The monoisotopic (exact) mass is 305 g/mol. The van der Waals surface area contributed by atoms with Crippen molar-refractivity contribution in [3.05, 3.63) is 53.1 Å². The van der Waals surface area contributed by atoms with Crippen LogP contribution in [0.3, 0.4) is 0 Å². The van der Waals surface area contributed by atoms with Gasteiger partial charge in [0.25, 0.3) is 0 Å². The first-order chi connectivity index (χ1) is 10.0. The molecule has 1 atom stereocenters. The van der Waals surface area contributed by atoms with Gasteiger partial charge in [-0.2, -0.15) is 0 Å². The summed E-state index contributed by atoms with van der Waals surface area (Å²) in [7, 11) is 0. The second kappa shape index (κ2) is 4.86. The molecule has 6 heteroatoms. The van der Waals surface area contributed by atoms with E-state index in [-0.39, 0.29) is 12.4 Å². The molecule has 1 heterocycles. The smallest absolute Gasteiger partial charge is 0.337 e. The zero-order valence-corrected chi connectivity index (χ0v) is 11.6. The summed E-state index contributed by atoms with van der Waals surface area (Å²) < 4.78 is 5.42. The predicted molar refractivity (Wildman–Crippen MR) is 78.0 cm³/mol. The van der Waals surface area contributed by atoms with E-state index in [1.54, 1.807) is 24.3 Å². The van der Waals surface area contributed by atoms with Crippen molar-refractivity contribution in [1.82, 2.24) is 0 Å². The summed E-state index contributed by atoms with van der Waals surface area (Å²) in [5.41, 5.74) is -0.479. The zero-order chi connectivity index (χ0) is 15.0. The number of halogens is 1. The Balaban J connectivity index is 2.08. The molecule has 0 fully saturated rings. The Morgan fingerprint density at radius 2 is 2.05 bits per heavy atom. The highest BCUT2D eigenvalue weighted by Gasteiger charge is 2.48. The SMILES string of the molecule is O=C(O)C1(Nc2ccccc2Cl)COc2cc(O)ccc21. The number of para-hydroxylation sites is 1. The fraction of sp³-hybridized carbons (Fsp3) is 0.133. The van der Waals surface area contributed by atoms with Gasteiger partial charge in [0.05, 0.1) is 10.7 Å². The Morgan fingerprint density at radius 1 is 1.29 bits per heavy atom. The molecule has 0 radical (unpaired) electrons. The lowest BCUT2D eigenvalue weighted by Gasteiger charge is -2.26. The molecule has 0 amide bonds. The highest BCUT2D eigenvalue weighted by molar-refractivity contribution is 6.33. The Labute approximate surface area is 125 Å². The molecule has 0 spiro atoms. The first kappa shape index (κ1) is 13.6. The van der Waals surface area contributed by atoms with Gasteiger partial charge in [-0.15, -0.1) is 0 Å². The van der Waals surface area contributed by atoms with Crippen molar-refractivity contribution < 1.29 is 19.7 Å². The van der Waals surface area contributed by atoms with E-state index in [2.05, 4.69) is 5.32 Å². The van der Waals surface area contributed by atoms with Gasteiger partial charge in [-0.25, -0.2) is 4.79 Å². The molecule has 0 bridgehead atoms. The molecular weight excluding hydrogens is 294 g/mol. The molecule has 108 valence electrons. The number of carboxylic acids is 1. The van der Waals surface area contributed by atoms with E-state index in [9.17, 15) is 15.0 Å². The van der Waals surface area contributed by atoms with E-state index >= 15 is 0 Å². The number of anilines is 1. The van der Waals surface area contributed by atoms with Crippen LogP contribution in [0, 0.1) is 0 Å². The lowest BCUT2D eigenvalue weighted by Crippen LogP contribution is -2.45. The van der Waals surface area contributed by atoms with Gasteiger partial charge in [0.1, 0.15) is 18.1 Å². The van der Waals surface area contributed by atoms with Gasteiger partial charge in [-0.1, -0.05) is 23.7 Å². The molecule has 5 nitrogen and oxygen atoms in total. The number of carboxylic acid groups (broad SMARTS) is 1. The minimum absolute atomic E-state index is 0.0210. The zero-order valence-electron chi connectivity index (χ0n) is 10.8. The molecular formula is C15H12ClNO4. The van der Waals surface area contributed by atoms with Crippen molar-refractivity contribution >= 4 is 23.3 Å². The number of benzene rings is 2. The molecule has 0 aromatic heterocycles. The van der Waals surface area contributed by atoms with E-state index in [4.69, 9.17) is 16.3 Å². The fourth-order valence-corrected chi connectivity index (χ4v) is 2.56. The lowest BCUT2D eigenvalue weighted by molar-refractivity contribution is -0.143. The Bertz CT molecular complexity index is 719. The maximum Gasteiger partial charge on any atom is 0.337 e. The van der Waals surface area contributed by atoms with Crippen LogP contribution < -0.4 is 10.1 Å². The van der Waals surface area contributed by atoms with Gasteiger partial charge < -0.3 is 20.3 Å². The van der Waals surface area contributed by atoms with Crippen LogP contribution >= 0.6 is 11.6 Å². The topological polar surface area (TPSA) is 78.8 Å². The van der Waals surface area contributed by atoms with Crippen molar-refractivity contribution in [3.63, 3.8) is 0 Å². The number of phenolic OH excluding ortho intramolecular Hbond substituents is 1. The fourth-order valence-electron chi connectivity index (χ4n) is 2.37. The normalized spacial score (nSPS) is 19.7. The molecule has 0 saturated carbocycles. The van der Waals surface area contributed by atoms with Crippen molar-refractivity contribution in [2.75, 3.05) is 11.9 Å². The number of nitrogens with one attached hydrogen (secondary N) is 1. The maximum absolute atomic E-state index is 11.8. The summed E-state index contributed by atoms with van der Waals surface area (Å²) in [5.74, 6) is -0.712. The first-order valence-corrected chi connectivity index (χ1v) is 6.63. The van der Waals surface area contributed by atoms with Gasteiger partial charge in [0, 0.05) is 11.6 Å².